The van der Waals surface area contributed by atoms with Crippen molar-refractivity contribution in [3.05, 3.63) is 105 Å². The lowest BCUT2D eigenvalue weighted by molar-refractivity contribution is 0.102. The van der Waals surface area contributed by atoms with E-state index in [4.69, 9.17) is 23.2 Å². The molecule has 11 nitrogen and oxygen atoms in total. The van der Waals surface area contributed by atoms with Crippen LogP contribution in [0.1, 0.15) is 20.7 Å². The lowest BCUT2D eigenvalue weighted by Gasteiger charge is -2.26. The molecule has 0 aliphatic carbocycles. The molecule has 236 valence electrons. The van der Waals surface area contributed by atoms with E-state index in [-0.39, 0.29) is 57.1 Å². The molecular weight excluding hydrogens is 665 g/mol. The van der Waals surface area contributed by atoms with Crippen LogP contribution in [-0.4, -0.2) is 70.9 Å². The standard InChI is InChI=1S/C30H27Cl2N5O6S.ClH/c31-21-7-8-26(33-18-21)34-29(40)24-16-22(32)17-25(38)27(24)35-28(39)20-5-3-19(4-6-20)23-2-1-9-37(30(23)41)11-10-36-12-14-44(42,43)15-13-36;/h1-9,16-18,38H,10-15H2,(H,35,39)(H,33,34,40);1H. The molecule has 1 fully saturated rings. The second-order valence-electron chi connectivity index (χ2n) is 10.1. The molecular formula is C30H28Cl3N5O6S. The first-order valence-electron chi connectivity index (χ1n) is 13.5. The number of rotatable bonds is 8. The Balaban J connectivity index is 0.00000461. The molecule has 2 amide bonds. The van der Waals surface area contributed by atoms with Gasteiger partial charge in [-0.2, -0.15) is 0 Å². The SMILES string of the molecule is Cl.O=C(Nc1c(O)cc(Cl)cc1C(=O)Nc1ccc(Cl)cn1)c1ccc(-c2cccn(CCN3CCS(=O)(=O)CC3)c2=O)cc1. The fraction of sp³-hybridized carbons (Fsp3) is 0.200. The minimum Gasteiger partial charge on any atom is -0.506 e. The summed E-state index contributed by atoms with van der Waals surface area (Å²) in [6.45, 7) is 1.84. The summed E-state index contributed by atoms with van der Waals surface area (Å²) in [6, 6.07) is 15.3. The van der Waals surface area contributed by atoms with E-state index >= 15 is 0 Å². The highest BCUT2D eigenvalue weighted by Gasteiger charge is 2.22. The van der Waals surface area contributed by atoms with Crippen molar-refractivity contribution in [2.45, 2.75) is 6.54 Å². The minimum absolute atomic E-state index is 0. The highest BCUT2D eigenvalue weighted by Crippen LogP contribution is 2.32. The van der Waals surface area contributed by atoms with E-state index in [1.165, 1.54) is 36.5 Å². The van der Waals surface area contributed by atoms with Crippen molar-refractivity contribution in [2.75, 3.05) is 41.8 Å². The van der Waals surface area contributed by atoms with Crippen LogP contribution in [0, 0.1) is 0 Å². The number of aromatic nitrogens is 2. The largest absolute Gasteiger partial charge is 0.506 e. The maximum Gasteiger partial charge on any atom is 0.259 e. The summed E-state index contributed by atoms with van der Waals surface area (Å²) in [7, 11) is -2.98. The Labute approximate surface area is 275 Å². The molecule has 0 saturated carbocycles. The normalized spacial score (nSPS) is 14.3. The monoisotopic (exact) mass is 691 g/mol. The molecule has 15 heteroatoms. The number of phenols is 1. The molecule has 1 aliphatic rings. The molecule has 2 aromatic carbocycles. The highest BCUT2D eigenvalue weighted by molar-refractivity contribution is 7.91. The molecule has 4 aromatic rings. The lowest BCUT2D eigenvalue weighted by Crippen LogP contribution is -2.42. The summed E-state index contributed by atoms with van der Waals surface area (Å²) in [5.74, 6) is -1.25. The topological polar surface area (TPSA) is 151 Å². The van der Waals surface area contributed by atoms with Gasteiger partial charge >= 0.3 is 0 Å². The Morgan fingerprint density at radius 3 is 2.29 bits per heavy atom. The van der Waals surface area contributed by atoms with Crippen molar-refractivity contribution < 1.29 is 23.1 Å². The predicted molar refractivity (Wildman–Crippen MR) is 177 cm³/mol. The number of anilines is 2. The zero-order valence-electron chi connectivity index (χ0n) is 23.6. The van der Waals surface area contributed by atoms with Gasteiger partial charge in [0.25, 0.3) is 17.4 Å². The van der Waals surface area contributed by atoms with Crippen LogP contribution in [0.15, 0.2) is 77.9 Å². The summed E-state index contributed by atoms with van der Waals surface area (Å²) in [6.07, 6.45) is 3.04. The molecule has 3 N–H and O–H groups in total. The molecule has 0 bridgehead atoms. The molecule has 3 heterocycles. The van der Waals surface area contributed by atoms with E-state index in [2.05, 4.69) is 15.6 Å². The van der Waals surface area contributed by atoms with Crippen LogP contribution in [0.4, 0.5) is 11.5 Å². The average molecular weight is 693 g/mol. The first kappa shape index (κ1) is 33.9. The number of benzene rings is 2. The molecule has 5 rings (SSSR count). The minimum atomic E-state index is -2.98. The number of halogens is 3. The molecule has 2 aromatic heterocycles. The van der Waals surface area contributed by atoms with Gasteiger partial charge in [0.05, 0.1) is 27.8 Å². The Morgan fingerprint density at radius 2 is 1.62 bits per heavy atom. The number of carbonyl (C=O) groups is 2. The van der Waals surface area contributed by atoms with Gasteiger partial charge in [-0.25, -0.2) is 13.4 Å². The zero-order chi connectivity index (χ0) is 31.4. The summed E-state index contributed by atoms with van der Waals surface area (Å²) in [4.78, 5) is 45.4. The lowest BCUT2D eigenvalue weighted by atomic mass is 10.0. The van der Waals surface area contributed by atoms with Gasteiger partial charge < -0.3 is 20.3 Å². The number of hydrogen-bond donors (Lipinski definition) is 3. The number of carbonyl (C=O) groups excluding carboxylic acids is 2. The van der Waals surface area contributed by atoms with Crippen molar-refractivity contribution in [3.63, 3.8) is 0 Å². The van der Waals surface area contributed by atoms with Crippen LogP contribution in [-0.2, 0) is 16.4 Å². The highest BCUT2D eigenvalue weighted by atomic mass is 35.5. The number of aromatic hydroxyl groups is 1. The summed E-state index contributed by atoms with van der Waals surface area (Å²) in [5.41, 5.74) is 0.789. The van der Waals surface area contributed by atoms with Crippen molar-refractivity contribution >= 4 is 68.8 Å². The van der Waals surface area contributed by atoms with E-state index in [1.54, 1.807) is 41.1 Å². The molecule has 45 heavy (non-hydrogen) atoms. The van der Waals surface area contributed by atoms with Gasteiger partial charge in [-0.15, -0.1) is 12.4 Å². The molecule has 1 saturated heterocycles. The van der Waals surface area contributed by atoms with E-state index in [1.807, 2.05) is 4.90 Å². The van der Waals surface area contributed by atoms with Crippen LogP contribution in [0.2, 0.25) is 10.0 Å². The number of amides is 2. The zero-order valence-corrected chi connectivity index (χ0v) is 26.7. The van der Waals surface area contributed by atoms with Crippen molar-refractivity contribution in [3.8, 4) is 16.9 Å². The van der Waals surface area contributed by atoms with E-state index in [0.717, 1.165) is 0 Å². The first-order valence-corrected chi connectivity index (χ1v) is 16.1. The molecule has 1 aliphatic heterocycles. The fourth-order valence-corrected chi connectivity index (χ4v) is 6.28. The molecule has 0 spiro atoms. The Morgan fingerprint density at radius 1 is 0.911 bits per heavy atom. The fourth-order valence-electron chi connectivity index (χ4n) is 4.68. The maximum absolute atomic E-state index is 13.2. The third kappa shape index (κ3) is 8.41. The Kier molecular flexibility index (Phi) is 10.9. The number of nitrogens with one attached hydrogen (secondary N) is 2. The first-order chi connectivity index (χ1) is 21.0. The van der Waals surface area contributed by atoms with Crippen molar-refractivity contribution in [1.29, 1.82) is 0 Å². The van der Waals surface area contributed by atoms with Crippen molar-refractivity contribution in [2.24, 2.45) is 0 Å². The average Bonchev–Trinajstić information content (AvgIpc) is 2.99. The van der Waals surface area contributed by atoms with Crippen LogP contribution in [0.5, 0.6) is 5.75 Å². The predicted octanol–water partition coefficient (Wildman–Crippen LogP) is 4.58. The van der Waals surface area contributed by atoms with E-state index in [0.29, 0.717) is 42.3 Å². The second-order valence-corrected chi connectivity index (χ2v) is 13.3. The quantitative estimate of drug-likeness (QED) is 0.227. The Hall–Kier alpha value is -3.94. The molecule has 0 unspecified atom stereocenters. The molecule has 0 atom stereocenters. The van der Waals surface area contributed by atoms with Gasteiger partial charge in [0, 0.05) is 60.8 Å². The van der Waals surface area contributed by atoms with Gasteiger partial charge in [0.1, 0.15) is 11.6 Å². The maximum atomic E-state index is 13.2. The number of sulfone groups is 1. The number of hydrogen-bond acceptors (Lipinski definition) is 8. The third-order valence-electron chi connectivity index (χ3n) is 7.11. The van der Waals surface area contributed by atoms with Gasteiger partial charge in [-0.3, -0.25) is 19.3 Å². The number of nitrogens with zero attached hydrogens (tertiary/aromatic N) is 3. The van der Waals surface area contributed by atoms with Crippen molar-refractivity contribution in [1.82, 2.24) is 14.5 Å². The second kappa shape index (κ2) is 14.4. The third-order valence-corrected chi connectivity index (χ3v) is 9.16. The van der Waals surface area contributed by atoms with Crippen LogP contribution >= 0.6 is 35.6 Å². The van der Waals surface area contributed by atoms with E-state index < -0.39 is 27.4 Å². The molecule has 0 radical (unpaired) electrons. The summed E-state index contributed by atoms with van der Waals surface area (Å²) < 4.78 is 24.9. The summed E-state index contributed by atoms with van der Waals surface area (Å²) >= 11 is 11.9. The summed E-state index contributed by atoms with van der Waals surface area (Å²) in [5, 5.41) is 16.1. The van der Waals surface area contributed by atoms with Gasteiger partial charge in [-0.1, -0.05) is 35.3 Å². The van der Waals surface area contributed by atoms with E-state index in [9.17, 15) is 27.9 Å². The smallest absolute Gasteiger partial charge is 0.259 e. The van der Waals surface area contributed by atoms with Crippen LogP contribution in [0.3, 0.4) is 0 Å². The number of phenolic OH excluding ortho intramolecular Hbond substituents is 1. The van der Waals surface area contributed by atoms with Crippen LogP contribution in [0.25, 0.3) is 11.1 Å². The van der Waals surface area contributed by atoms with Crippen LogP contribution < -0.4 is 16.2 Å². The van der Waals surface area contributed by atoms with Gasteiger partial charge in [0.15, 0.2) is 9.84 Å². The Bertz CT molecular complexity index is 1870. The number of pyridine rings is 2. The van der Waals surface area contributed by atoms with Gasteiger partial charge in [0.2, 0.25) is 0 Å². The van der Waals surface area contributed by atoms with Gasteiger partial charge in [-0.05, 0) is 48.0 Å².